The summed E-state index contributed by atoms with van der Waals surface area (Å²) in [7, 11) is 0. The minimum absolute atomic E-state index is 0.153. The number of alkyl halides is 2. The van der Waals surface area contributed by atoms with Crippen LogP contribution in [0.4, 0.5) is 8.78 Å². The Morgan fingerprint density at radius 1 is 1.10 bits per heavy atom. The van der Waals surface area contributed by atoms with Crippen LogP contribution in [0, 0.1) is 11.8 Å². The number of nitrogens with one attached hydrogen (secondary N) is 1. The zero-order valence-corrected chi connectivity index (χ0v) is 11.5. The van der Waals surface area contributed by atoms with E-state index < -0.39 is 19.1 Å². The van der Waals surface area contributed by atoms with Crippen molar-refractivity contribution in [2.24, 2.45) is 11.8 Å². The number of benzene rings is 1. The van der Waals surface area contributed by atoms with E-state index in [9.17, 15) is 8.78 Å². The minimum Gasteiger partial charge on any atom is -0.390 e. The molecule has 1 saturated carbocycles. The van der Waals surface area contributed by atoms with Crippen molar-refractivity contribution in [1.82, 2.24) is 5.32 Å². The fraction of sp³-hybridized carbons (Fsp3) is 0.625. The first-order chi connectivity index (χ1) is 9.59. The van der Waals surface area contributed by atoms with Crippen LogP contribution in [0.25, 0.3) is 0 Å². The third-order valence-electron chi connectivity index (χ3n) is 4.83. The van der Waals surface area contributed by atoms with Crippen molar-refractivity contribution in [3.8, 4) is 0 Å². The predicted molar refractivity (Wildman–Crippen MR) is 73.9 cm³/mol. The van der Waals surface area contributed by atoms with Crippen LogP contribution < -0.4 is 5.32 Å². The van der Waals surface area contributed by atoms with Gasteiger partial charge in [-0.05, 0) is 48.6 Å². The third-order valence-corrected chi connectivity index (χ3v) is 4.83. The molecule has 0 radical (unpaired) electrons. The first-order valence-electron chi connectivity index (χ1n) is 7.38. The molecule has 1 fully saturated rings. The van der Waals surface area contributed by atoms with Crippen LogP contribution >= 0.6 is 0 Å². The quantitative estimate of drug-likeness (QED) is 0.888. The number of fused-ring (bicyclic) bond motifs is 3. The Balaban J connectivity index is 1.73. The van der Waals surface area contributed by atoms with Crippen LogP contribution in [0.2, 0.25) is 0 Å². The summed E-state index contributed by atoms with van der Waals surface area (Å²) in [5.41, 5.74) is 2.75. The summed E-state index contributed by atoms with van der Waals surface area (Å²) in [6, 6.07) is 8.59. The largest absolute Gasteiger partial charge is 0.390 e. The lowest BCUT2D eigenvalue weighted by molar-refractivity contribution is -0.0508. The summed E-state index contributed by atoms with van der Waals surface area (Å²) in [5, 5.41) is 11.7. The molecule has 4 heteroatoms. The molecule has 3 rings (SSSR count). The Kier molecular flexibility index (Phi) is 3.78. The number of aliphatic hydroxyl groups is 1. The number of rotatable bonds is 4. The number of aliphatic hydroxyl groups excluding tert-OH is 1. The van der Waals surface area contributed by atoms with Crippen LogP contribution in [0.3, 0.4) is 0 Å². The smallest absolute Gasteiger partial charge is 0.282 e. The normalized spacial score (nSPS) is 29.1. The van der Waals surface area contributed by atoms with Gasteiger partial charge in [0.15, 0.2) is 0 Å². The summed E-state index contributed by atoms with van der Waals surface area (Å²) in [4.78, 5) is 0. The summed E-state index contributed by atoms with van der Waals surface area (Å²) >= 11 is 0. The SMILES string of the molecule is OCC(F)(F)CNC1C2CCC1Cc1ccccc1C2. The Bertz CT molecular complexity index is 444. The lowest BCUT2D eigenvalue weighted by atomic mass is 9.94. The molecule has 2 aliphatic carbocycles. The molecule has 2 unspecified atom stereocenters. The van der Waals surface area contributed by atoms with Crippen LogP contribution in [0.5, 0.6) is 0 Å². The van der Waals surface area contributed by atoms with Gasteiger partial charge in [-0.1, -0.05) is 24.3 Å². The van der Waals surface area contributed by atoms with Gasteiger partial charge in [0.1, 0.15) is 6.61 Å². The first kappa shape index (κ1) is 14.0. The second-order valence-electron chi connectivity index (χ2n) is 6.20. The van der Waals surface area contributed by atoms with Gasteiger partial charge in [-0.2, -0.15) is 0 Å². The molecule has 0 heterocycles. The van der Waals surface area contributed by atoms with Gasteiger partial charge in [-0.25, -0.2) is 8.78 Å². The average Bonchev–Trinajstić information content (AvgIpc) is 2.71. The number of hydrogen-bond donors (Lipinski definition) is 2. The van der Waals surface area contributed by atoms with Crippen molar-refractivity contribution >= 4 is 0 Å². The molecule has 110 valence electrons. The molecule has 0 aliphatic heterocycles. The van der Waals surface area contributed by atoms with Gasteiger partial charge >= 0.3 is 0 Å². The standard InChI is InChI=1S/C16H21F2NO/c17-16(18,10-20)9-19-15-13-5-6-14(15)8-12-4-2-1-3-11(12)7-13/h1-4,13-15,19-20H,5-10H2. The minimum atomic E-state index is -3.02. The summed E-state index contributed by atoms with van der Waals surface area (Å²) in [6.45, 7) is -1.50. The van der Waals surface area contributed by atoms with Crippen molar-refractivity contribution in [3.05, 3.63) is 35.4 Å². The fourth-order valence-corrected chi connectivity index (χ4v) is 3.81. The molecule has 0 spiro atoms. The van der Waals surface area contributed by atoms with Gasteiger partial charge in [-0.3, -0.25) is 0 Å². The van der Waals surface area contributed by atoms with E-state index in [2.05, 4.69) is 29.6 Å². The maximum atomic E-state index is 13.2. The van der Waals surface area contributed by atoms with Crippen LogP contribution in [0.1, 0.15) is 24.0 Å². The molecule has 2 nitrogen and oxygen atoms in total. The molecule has 0 amide bonds. The van der Waals surface area contributed by atoms with E-state index >= 15 is 0 Å². The number of hydrogen-bond acceptors (Lipinski definition) is 2. The van der Waals surface area contributed by atoms with Gasteiger partial charge in [-0.15, -0.1) is 0 Å². The molecule has 1 aromatic rings. The van der Waals surface area contributed by atoms with E-state index in [1.54, 1.807) is 0 Å². The predicted octanol–water partition coefficient (Wildman–Crippen LogP) is 2.40. The van der Waals surface area contributed by atoms with Gasteiger partial charge in [0.2, 0.25) is 0 Å². The van der Waals surface area contributed by atoms with E-state index in [1.165, 1.54) is 11.1 Å². The van der Waals surface area contributed by atoms with Crippen molar-refractivity contribution in [3.63, 3.8) is 0 Å². The highest BCUT2D eigenvalue weighted by molar-refractivity contribution is 5.30. The Labute approximate surface area is 118 Å². The van der Waals surface area contributed by atoms with Crippen LogP contribution in [-0.2, 0) is 12.8 Å². The molecular weight excluding hydrogens is 260 g/mol. The average molecular weight is 281 g/mol. The molecular formula is C16H21F2NO. The lowest BCUT2D eigenvalue weighted by Crippen LogP contribution is -2.45. The van der Waals surface area contributed by atoms with Crippen molar-refractivity contribution in [1.29, 1.82) is 0 Å². The summed E-state index contributed by atoms with van der Waals surface area (Å²) in [5.74, 6) is -2.13. The molecule has 2 N–H and O–H groups in total. The molecule has 0 saturated heterocycles. The van der Waals surface area contributed by atoms with Gasteiger partial charge in [0, 0.05) is 6.04 Å². The third kappa shape index (κ3) is 2.72. The maximum absolute atomic E-state index is 13.2. The highest BCUT2D eigenvalue weighted by Gasteiger charge is 2.40. The Morgan fingerprint density at radius 3 is 2.15 bits per heavy atom. The van der Waals surface area contributed by atoms with E-state index in [1.807, 2.05) is 0 Å². The summed E-state index contributed by atoms with van der Waals surface area (Å²) < 4.78 is 26.5. The number of halogens is 2. The van der Waals surface area contributed by atoms with Gasteiger partial charge in [0.05, 0.1) is 6.54 Å². The van der Waals surface area contributed by atoms with E-state index in [0.29, 0.717) is 11.8 Å². The zero-order chi connectivity index (χ0) is 14.2. The van der Waals surface area contributed by atoms with Crippen LogP contribution in [0.15, 0.2) is 24.3 Å². The van der Waals surface area contributed by atoms with E-state index in [-0.39, 0.29) is 6.04 Å². The highest BCUT2D eigenvalue weighted by Crippen LogP contribution is 2.40. The lowest BCUT2D eigenvalue weighted by Gasteiger charge is -2.26. The summed E-state index contributed by atoms with van der Waals surface area (Å²) in [6.07, 6.45) is 4.19. The molecule has 2 atom stereocenters. The molecule has 2 aliphatic rings. The van der Waals surface area contributed by atoms with Crippen molar-refractivity contribution in [2.45, 2.75) is 37.6 Å². The molecule has 0 aromatic heterocycles. The van der Waals surface area contributed by atoms with Crippen molar-refractivity contribution < 1.29 is 13.9 Å². The first-order valence-corrected chi connectivity index (χ1v) is 7.38. The monoisotopic (exact) mass is 281 g/mol. The van der Waals surface area contributed by atoms with Crippen LogP contribution in [-0.4, -0.2) is 30.2 Å². The second-order valence-corrected chi connectivity index (χ2v) is 6.20. The van der Waals surface area contributed by atoms with Gasteiger partial charge < -0.3 is 10.4 Å². The Morgan fingerprint density at radius 2 is 1.65 bits per heavy atom. The molecule has 2 bridgehead atoms. The second kappa shape index (κ2) is 5.41. The topological polar surface area (TPSA) is 32.3 Å². The van der Waals surface area contributed by atoms with E-state index in [4.69, 9.17) is 5.11 Å². The maximum Gasteiger partial charge on any atom is 0.282 e. The zero-order valence-electron chi connectivity index (χ0n) is 11.5. The Hall–Kier alpha value is -1.00. The fourth-order valence-electron chi connectivity index (χ4n) is 3.81. The van der Waals surface area contributed by atoms with Crippen molar-refractivity contribution in [2.75, 3.05) is 13.2 Å². The van der Waals surface area contributed by atoms with E-state index in [0.717, 1.165) is 25.7 Å². The molecule has 20 heavy (non-hydrogen) atoms. The van der Waals surface area contributed by atoms with Gasteiger partial charge in [0.25, 0.3) is 5.92 Å². The molecule has 1 aromatic carbocycles. The highest BCUT2D eigenvalue weighted by atomic mass is 19.3.